The lowest BCUT2D eigenvalue weighted by molar-refractivity contribution is 0.0977. The van der Waals surface area contributed by atoms with Crippen molar-refractivity contribution < 1.29 is 17.9 Å². The van der Waals surface area contributed by atoms with E-state index in [0.717, 1.165) is 5.56 Å². The smallest absolute Gasteiger partial charge is 0.268 e. The molecule has 3 aromatic carbocycles. The van der Waals surface area contributed by atoms with Crippen molar-refractivity contribution in [3.8, 4) is 5.75 Å². The van der Waals surface area contributed by atoms with Gasteiger partial charge in [-0.25, -0.2) is 13.1 Å². The van der Waals surface area contributed by atoms with Crippen LogP contribution in [0.3, 0.4) is 0 Å². The zero-order chi connectivity index (χ0) is 20.1. The maximum absolute atomic E-state index is 12.6. The van der Waals surface area contributed by atoms with Gasteiger partial charge in [0.25, 0.3) is 15.9 Å². The van der Waals surface area contributed by atoms with Crippen LogP contribution in [-0.2, 0) is 16.6 Å². The Morgan fingerprint density at radius 3 is 2.32 bits per heavy atom. The number of hydrogen-bond donors (Lipinski definition) is 1. The number of amides is 1. The molecular formula is C20H15Cl2NO4S. The first kappa shape index (κ1) is 20.2. The van der Waals surface area contributed by atoms with Crippen LogP contribution in [0.15, 0.2) is 77.7 Å². The fourth-order valence-electron chi connectivity index (χ4n) is 2.42. The van der Waals surface area contributed by atoms with E-state index in [1.807, 2.05) is 10.8 Å². The van der Waals surface area contributed by atoms with E-state index in [2.05, 4.69) is 0 Å². The van der Waals surface area contributed by atoms with Crippen LogP contribution in [0.25, 0.3) is 0 Å². The average Bonchev–Trinajstić information content (AvgIpc) is 2.66. The summed E-state index contributed by atoms with van der Waals surface area (Å²) in [5.74, 6) is -0.539. The highest BCUT2D eigenvalue weighted by Gasteiger charge is 2.21. The third-order valence-electron chi connectivity index (χ3n) is 3.77. The highest BCUT2D eigenvalue weighted by molar-refractivity contribution is 7.90. The van der Waals surface area contributed by atoms with Crippen molar-refractivity contribution in [1.82, 2.24) is 4.72 Å². The molecule has 0 aromatic heterocycles. The normalized spacial score (nSPS) is 11.1. The summed E-state index contributed by atoms with van der Waals surface area (Å²) in [5, 5.41) is 0.964. The maximum Gasteiger partial charge on any atom is 0.268 e. The van der Waals surface area contributed by atoms with Crippen LogP contribution in [-0.4, -0.2) is 14.3 Å². The van der Waals surface area contributed by atoms with E-state index < -0.39 is 15.9 Å². The van der Waals surface area contributed by atoms with E-state index in [4.69, 9.17) is 27.9 Å². The van der Waals surface area contributed by atoms with Crippen molar-refractivity contribution in [2.75, 3.05) is 0 Å². The summed E-state index contributed by atoms with van der Waals surface area (Å²) >= 11 is 11.7. The van der Waals surface area contributed by atoms with E-state index in [1.54, 1.807) is 36.4 Å². The number of sulfonamides is 1. The number of para-hydroxylation sites is 1. The molecule has 3 rings (SSSR count). The second kappa shape index (κ2) is 8.65. The molecule has 8 heteroatoms. The molecule has 0 unspecified atom stereocenters. The molecular weight excluding hydrogens is 421 g/mol. The van der Waals surface area contributed by atoms with Gasteiger partial charge >= 0.3 is 0 Å². The molecule has 3 aromatic rings. The molecule has 0 saturated heterocycles. The molecule has 0 radical (unpaired) electrons. The van der Waals surface area contributed by atoms with E-state index in [0.29, 0.717) is 10.0 Å². The zero-order valence-electron chi connectivity index (χ0n) is 14.4. The second-order valence-corrected chi connectivity index (χ2v) is 8.36. The molecule has 1 N–H and O–H groups in total. The quantitative estimate of drug-likeness (QED) is 0.609. The number of carbonyl (C=O) groups is 1. The van der Waals surface area contributed by atoms with Gasteiger partial charge in [-0.1, -0.05) is 47.5 Å². The summed E-state index contributed by atoms with van der Waals surface area (Å²) in [7, 11) is -4.05. The van der Waals surface area contributed by atoms with Gasteiger partial charge in [0, 0.05) is 10.0 Å². The standard InChI is InChI=1S/C20H15Cl2NO4S/c21-15-8-10-17(11-9-15)28(25,26)23-20(24)18-6-1-2-7-19(18)27-13-14-4-3-5-16(22)12-14/h1-12H,13H2,(H,23,24). The number of nitrogens with one attached hydrogen (secondary N) is 1. The van der Waals surface area contributed by atoms with Crippen LogP contribution in [0, 0.1) is 0 Å². The first-order chi connectivity index (χ1) is 13.3. The Morgan fingerprint density at radius 2 is 1.61 bits per heavy atom. The van der Waals surface area contributed by atoms with Crippen LogP contribution in [0.1, 0.15) is 15.9 Å². The first-order valence-electron chi connectivity index (χ1n) is 8.14. The topological polar surface area (TPSA) is 72.5 Å². The molecule has 0 saturated carbocycles. The summed E-state index contributed by atoms with van der Waals surface area (Å²) in [6.45, 7) is 0.175. The number of benzene rings is 3. The summed E-state index contributed by atoms with van der Waals surface area (Å²) in [6.07, 6.45) is 0. The molecule has 0 fully saturated rings. The van der Waals surface area contributed by atoms with Crippen LogP contribution >= 0.6 is 23.2 Å². The third-order valence-corrected chi connectivity index (χ3v) is 5.60. The van der Waals surface area contributed by atoms with Crippen LogP contribution in [0.5, 0.6) is 5.75 Å². The van der Waals surface area contributed by atoms with Gasteiger partial charge in [0.05, 0.1) is 10.5 Å². The van der Waals surface area contributed by atoms with Crippen LogP contribution in [0.4, 0.5) is 0 Å². The Labute approximate surface area is 172 Å². The Kier molecular flexibility index (Phi) is 6.24. The fourth-order valence-corrected chi connectivity index (χ4v) is 3.72. The van der Waals surface area contributed by atoms with E-state index in [9.17, 15) is 13.2 Å². The highest BCUT2D eigenvalue weighted by Crippen LogP contribution is 2.21. The molecule has 144 valence electrons. The van der Waals surface area contributed by atoms with Gasteiger partial charge in [0.15, 0.2) is 0 Å². The largest absolute Gasteiger partial charge is 0.488 e. The van der Waals surface area contributed by atoms with Crippen LogP contribution < -0.4 is 9.46 Å². The molecule has 5 nitrogen and oxygen atoms in total. The van der Waals surface area contributed by atoms with Crippen molar-refractivity contribution in [3.05, 3.63) is 94.0 Å². The molecule has 0 bridgehead atoms. The minimum Gasteiger partial charge on any atom is -0.488 e. The van der Waals surface area contributed by atoms with Crippen molar-refractivity contribution in [1.29, 1.82) is 0 Å². The number of carbonyl (C=O) groups excluding carboxylic acids is 1. The zero-order valence-corrected chi connectivity index (χ0v) is 16.8. The predicted molar refractivity (Wildman–Crippen MR) is 108 cm³/mol. The Bertz CT molecular complexity index is 1100. The van der Waals surface area contributed by atoms with Crippen molar-refractivity contribution >= 4 is 39.1 Å². The van der Waals surface area contributed by atoms with E-state index >= 15 is 0 Å². The highest BCUT2D eigenvalue weighted by atomic mass is 35.5. The molecule has 1 amide bonds. The van der Waals surface area contributed by atoms with Crippen molar-refractivity contribution in [2.24, 2.45) is 0 Å². The maximum atomic E-state index is 12.6. The van der Waals surface area contributed by atoms with Gasteiger partial charge in [-0.15, -0.1) is 0 Å². The average molecular weight is 436 g/mol. The van der Waals surface area contributed by atoms with Gasteiger partial charge < -0.3 is 4.74 Å². The Hall–Kier alpha value is -2.54. The van der Waals surface area contributed by atoms with Crippen molar-refractivity contribution in [2.45, 2.75) is 11.5 Å². The summed E-state index contributed by atoms with van der Waals surface area (Å²) in [6, 6.07) is 19.0. The number of rotatable bonds is 6. The fraction of sp³-hybridized carbons (Fsp3) is 0.0500. The number of halogens is 2. The van der Waals surface area contributed by atoms with Crippen molar-refractivity contribution in [3.63, 3.8) is 0 Å². The van der Waals surface area contributed by atoms with E-state index in [-0.39, 0.29) is 22.8 Å². The number of hydrogen-bond acceptors (Lipinski definition) is 4. The lowest BCUT2D eigenvalue weighted by Crippen LogP contribution is -2.30. The van der Waals surface area contributed by atoms with Gasteiger partial charge in [0.1, 0.15) is 12.4 Å². The summed E-state index contributed by atoms with van der Waals surface area (Å²) < 4.78 is 32.6. The van der Waals surface area contributed by atoms with Gasteiger partial charge in [-0.2, -0.15) is 0 Å². The minimum absolute atomic E-state index is 0.0671. The molecule has 0 atom stereocenters. The summed E-state index contributed by atoms with van der Waals surface area (Å²) in [4.78, 5) is 12.5. The molecule has 0 spiro atoms. The summed E-state index contributed by atoms with van der Waals surface area (Å²) in [5.41, 5.74) is 0.915. The Balaban J connectivity index is 1.77. The molecule has 28 heavy (non-hydrogen) atoms. The number of ether oxygens (including phenoxy) is 1. The minimum atomic E-state index is -4.05. The van der Waals surface area contributed by atoms with Crippen LogP contribution in [0.2, 0.25) is 10.0 Å². The van der Waals surface area contributed by atoms with Gasteiger partial charge in [0.2, 0.25) is 0 Å². The third kappa shape index (κ3) is 5.04. The lowest BCUT2D eigenvalue weighted by atomic mass is 10.2. The molecule has 0 aliphatic heterocycles. The monoisotopic (exact) mass is 435 g/mol. The first-order valence-corrected chi connectivity index (χ1v) is 10.4. The van der Waals surface area contributed by atoms with Gasteiger partial charge in [-0.05, 0) is 54.1 Å². The van der Waals surface area contributed by atoms with E-state index in [1.165, 1.54) is 30.3 Å². The second-order valence-electron chi connectivity index (χ2n) is 5.80. The molecule has 0 aliphatic rings. The SMILES string of the molecule is O=C(NS(=O)(=O)c1ccc(Cl)cc1)c1ccccc1OCc1cccc(Cl)c1. The molecule has 0 aliphatic carbocycles. The Morgan fingerprint density at radius 1 is 0.893 bits per heavy atom. The molecule has 0 heterocycles. The predicted octanol–water partition coefficient (Wildman–Crippen LogP) is 4.69. The lowest BCUT2D eigenvalue weighted by Gasteiger charge is -2.12. The van der Waals surface area contributed by atoms with Gasteiger partial charge in [-0.3, -0.25) is 4.79 Å².